The number of carbonyl (C=O) groups is 2. The topological polar surface area (TPSA) is 74.8 Å². The lowest BCUT2D eigenvalue weighted by Crippen LogP contribution is -2.49. The first kappa shape index (κ1) is 23.0. The summed E-state index contributed by atoms with van der Waals surface area (Å²) in [6.45, 7) is 2.10. The van der Waals surface area contributed by atoms with Gasteiger partial charge >= 0.3 is 0 Å². The third-order valence-electron chi connectivity index (χ3n) is 5.75. The smallest absolute Gasteiger partial charge is 0.257 e. The average molecular weight is 466 g/mol. The minimum atomic E-state index is -2.01. The van der Waals surface area contributed by atoms with Gasteiger partial charge in [0.05, 0.1) is 17.2 Å². The number of hydrogen-bond acceptors (Lipinski definition) is 5. The Morgan fingerprint density at radius 1 is 1.06 bits per heavy atom. The molecule has 11 heteroatoms. The number of aromatic nitrogens is 1. The van der Waals surface area contributed by atoms with Crippen molar-refractivity contribution in [2.45, 2.75) is 18.9 Å². The largest absolute Gasteiger partial charge is 0.376 e. The molecule has 2 saturated heterocycles. The molecule has 1 aromatic heterocycles. The van der Waals surface area contributed by atoms with Crippen LogP contribution in [0.15, 0.2) is 24.4 Å². The fourth-order valence-electron chi connectivity index (χ4n) is 3.86. The van der Waals surface area contributed by atoms with E-state index in [1.807, 2.05) is 4.90 Å². The maximum absolute atomic E-state index is 13.9. The molecule has 4 rings (SSSR count). The van der Waals surface area contributed by atoms with Crippen LogP contribution in [-0.2, 0) is 4.74 Å². The molecule has 3 heterocycles. The normalized spacial score (nSPS) is 18.5. The van der Waals surface area contributed by atoms with Gasteiger partial charge in [-0.2, -0.15) is 0 Å². The van der Waals surface area contributed by atoms with E-state index in [1.54, 1.807) is 12.1 Å². The van der Waals surface area contributed by atoms with Crippen molar-refractivity contribution in [2.75, 3.05) is 44.2 Å². The number of amides is 2. The molecule has 0 saturated carbocycles. The Morgan fingerprint density at radius 2 is 1.82 bits per heavy atom. The molecule has 2 fully saturated rings. The maximum Gasteiger partial charge on any atom is 0.257 e. The molecule has 1 atom stereocenters. The summed E-state index contributed by atoms with van der Waals surface area (Å²) in [5, 5.41) is 2.82. The van der Waals surface area contributed by atoms with Crippen molar-refractivity contribution in [1.82, 2.24) is 15.2 Å². The van der Waals surface area contributed by atoms with Gasteiger partial charge in [-0.3, -0.25) is 9.59 Å². The van der Waals surface area contributed by atoms with Crippen LogP contribution in [0.1, 0.15) is 33.6 Å². The first-order valence-corrected chi connectivity index (χ1v) is 10.6. The molecule has 7 nitrogen and oxygen atoms in total. The molecule has 2 amide bonds. The van der Waals surface area contributed by atoms with Crippen LogP contribution in [0.25, 0.3) is 0 Å². The molecule has 0 aliphatic carbocycles. The Balaban J connectivity index is 1.33. The Bertz CT molecular complexity index is 1040. The van der Waals surface area contributed by atoms with Crippen molar-refractivity contribution < 1.29 is 31.9 Å². The molecule has 1 N–H and O–H groups in total. The number of pyridine rings is 1. The highest BCUT2D eigenvalue weighted by atomic mass is 19.2. The van der Waals surface area contributed by atoms with Crippen molar-refractivity contribution in [3.05, 3.63) is 58.8 Å². The molecule has 1 unspecified atom stereocenters. The Morgan fingerprint density at radius 3 is 2.45 bits per heavy atom. The van der Waals surface area contributed by atoms with Gasteiger partial charge in [0.2, 0.25) is 0 Å². The third-order valence-corrected chi connectivity index (χ3v) is 5.75. The van der Waals surface area contributed by atoms with Crippen LogP contribution in [0.5, 0.6) is 0 Å². The van der Waals surface area contributed by atoms with Crippen molar-refractivity contribution >= 4 is 17.6 Å². The van der Waals surface area contributed by atoms with Gasteiger partial charge in [0.25, 0.3) is 11.8 Å². The van der Waals surface area contributed by atoms with Gasteiger partial charge in [0.1, 0.15) is 5.82 Å². The Hall–Kier alpha value is -3.21. The van der Waals surface area contributed by atoms with E-state index in [-0.39, 0.29) is 25.1 Å². The van der Waals surface area contributed by atoms with E-state index in [4.69, 9.17) is 4.74 Å². The number of hydrogen-bond donors (Lipinski definition) is 1. The number of anilines is 1. The van der Waals surface area contributed by atoms with Crippen LogP contribution in [0.4, 0.5) is 23.4 Å². The second-order valence-corrected chi connectivity index (χ2v) is 7.88. The number of nitrogens with zero attached hydrogens (tertiary/aromatic N) is 3. The summed E-state index contributed by atoms with van der Waals surface area (Å²) in [6.07, 6.45) is 3.40. The molecule has 1 aromatic carbocycles. The predicted octanol–water partition coefficient (Wildman–Crippen LogP) is 2.51. The molecular formula is C22H22F4N4O3. The van der Waals surface area contributed by atoms with E-state index in [9.17, 15) is 27.2 Å². The van der Waals surface area contributed by atoms with Crippen LogP contribution in [0, 0.1) is 23.3 Å². The monoisotopic (exact) mass is 466 g/mol. The Kier molecular flexibility index (Phi) is 6.77. The minimum absolute atomic E-state index is 0.0385. The molecule has 2 aliphatic heterocycles. The van der Waals surface area contributed by atoms with Gasteiger partial charge in [-0.25, -0.2) is 22.5 Å². The third kappa shape index (κ3) is 4.92. The molecule has 0 bridgehead atoms. The van der Waals surface area contributed by atoms with Crippen molar-refractivity contribution in [3.63, 3.8) is 0 Å². The van der Waals surface area contributed by atoms with Gasteiger partial charge < -0.3 is 19.9 Å². The van der Waals surface area contributed by atoms with Gasteiger partial charge in [0, 0.05) is 45.5 Å². The van der Waals surface area contributed by atoms with E-state index < -0.39 is 34.7 Å². The highest BCUT2D eigenvalue weighted by Gasteiger charge is 2.29. The van der Waals surface area contributed by atoms with Crippen LogP contribution in [-0.4, -0.2) is 67.1 Å². The SMILES string of the molecule is O=C(NCC1CCCO1)c1ccc(N2CCN(C(=O)c3cc(F)c(F)c(F)c3F)CC2)nc1. The summed E-state index contributed by atoms with van der Waals surface area (Å²) in [5.41, 5.74) is -0.447. The highest BCUT2D eigenvalue weighted by Crippen LogP contribution is 2.22. The number of carbonyl (C=O) groups excluding carboxylic acids is 2. The summed E-state index contributed by atoms with van der Waals surface area (Å²) in [4.78, 5) is 32.2. The van der Waals surface area contributed by atoms with E-state index >= 15 is 0 Å². The molecular weight excluding hydrogens is 444 g/mol. The molecule has 2 aliphatic rings. The second-order valence-electron chi connectivity index (χ2n) is 7.88. The molecule has 176 valence electrons. The van der Waals surface area contributed by atoms with Gasteiger partial charge in [-0.1, -0.05) is 0 Å². The molecule has 33 heavy (non-hydrogen) atoms. The van der Waals surface area contributed by atoms with Gasteiger partial charge in [-0.05, 0) is 31.0 Å². The first-order chi connectivity index (χ1) is 15.8. The molecule has 0 radical (unpaired) electrons. The lowest BCUT2D eigenvalue weighted by atomic mass is 10.1. The molecule has 0 spiro atoms. The molecule has 2 aromatic rings. The first-order valence-electron chi connectivity index (χ1n) is 10.6. The summed E-state index contributed by atoms with van der Waals surface area (Å²) in [7, 11) is 0. The number of rotatable bonds is 5. The lowest BCUT2D eigenvalue weighted by molar-refractivity contribution is 0.0739. The average Bonchev–Trinajstić information content (AvgIpc) is 3.37. The number of nitrogens with one attached hydrogen (secondary N) is 1. The van der Waals surface area contributed by atoms with Gasteiger partial charge in [0.15, 0.2) is 23.3 Å². The van der Waals surface area contributed by atoms with Crippen LogP contribution in [0.2, 0.25) is 0 Å². The number of piperazine rings is 1. The van der Waals surface area contributed by atoms with Crippen molar-refractivity contribution in [3.8, 4) is 0 Å². The zero-order valence-corrected chi connectivity index (χ0v) is 17.6. The number of ether oxygens (including phenoxy) is 1. The van der Waals surface area contributed by atoms with Crippen LogP contribution < -0.4 is 10.2 Å². The van der Waals surface area contributed by atoms with Gasteiger partial charge in [-0.15, -0.1) is 0 Å². The van der Waals surface area contributed by atoms with Crippen molar-refractivity contribution in [1.29, 1.82) is 0 Å². The van der Waals surface area contributed by atoms with Crippen LogP contribution in [0.3, 0.4) is 0 Å². The standard InChI is InChI=1S/C22H22F4N4O3/c23-16-10-15(18(24)20(26)19(16)25)22(32)30-7-5-29(6-8-30)17-4-3-13(11-27-17)21(31)28-12-14-2-1-9-33-14/h3-4,10-11,14H,1-2,5-9,12H2,(H,28,31). The highest BCUT2D eigenvalue weighted by molar-refractivity contribution is 5.95. The second kappa shape index (κ2) is 9.74. The summed E-state index contributed by atoms with van der Waals surface area (Å²) >= 11 is 0. The zero-order valence-electron chi connectivity index (χ0n) is 17.6. The fourth-order valence-corrected chi connectivity index (χ4v) is 3.86. The lowest BCUT2D eigenvalue weighted by Gasteiger charge is -2.35. The minimum Gasteiger partial charge on any atom is -0.376 e. The van der Waals surface area contributed by atoms with E-state index in [0.29, 0.717) is 43.7 Å². The predicted molar refractivity (Wildman–Crippen MR) is 110 cm³/mol. The number of halogens is 4. The summed E-state index contributed by atoms with van der Waals surface area (Å²) in [6, 6.07) is 3.69. The quantitative estimate of drug-likeness (QED) is 0.417. The van der Waals surface area contributed by atoms with Crippen LogP contribution >= 0.6 is 0 Å². The summed E-state index contributed by atoms with van der Waals surface area (Å²) in [5.74, 6) is -7.89. The maximum atomic E-state index is 13.9. The number of benzene rings is 1. The van der Waals surface area contributed by atoms with E-state index in [1.165, 1.54) is 11.1 Å². The van der Waals surface area contributed by atoms with E-state index in [0.717, 1.165) is 12.8 Å². The fraction of sp³-hybridized carbons (Fsp3) is 0.409. The van der Waals surface area contributed by atoms with E-state index in [2.05, 4.69) is 10.3 Å². The van der Waals surface area contributed by atoms with Crippen molar-refractivity contribution in [2.24, 2.45) is 0 Å². The Labute approximate surface area is 187 Å². The summed E-state index contributed by atoms with van der Waals surface area (Å²) < 4.78 is 59.5. The zero-order chi connectivity index (χ0) is 23.5.